The van der Waals surface area contributed by atoms with E-state index in [-0.39, 0.29) is 28.8 Å². The molecule has 3 amide bonds. The first kappa shape index (κ1) is 17.6. The second kappa shape index (κ2) is 7.33. The summed E-state index contributed by atoms with van der Waals surface area (Å²) >= 11 is 13.0. The summed E-state index contributed by atoms with van der Waals surface area (Å²) in [5.74, 6) is 0.0609. The Morgan fingerprint density at radius 2 is 2.08 bits per heavy atom. The molecule has 5 nitrogen and oxygen atoms in total. The minimum absolute atomic E-state index is 0.00950. The molecule has 0 saturated carbocycles. The summed E-state index contributed by atoms with van der Waals surface area (Å²) in [4.78, 5) is 39.0. The highest BCUT2D eigenvalue weighted by Crippen LogP contribution is 2.27. The van der Waals surface area contributed by atoms with E-state index in [2.05, 4.69) is 0 Å². The molecule has 3 rings (SSSR count). The minimum Gasteiger partial charge on any atom is -0.341 e. The number of hydrogen-bond donors (Lipinski definition) is 0. The van der Waals surface area contributed by atoms with Crippen LogP contribution in [0.5, 0.6) is 0 Å². The van der Waals surface area contributed by atoms with Gasteiger partial charge in [-0.15, -0.1) is 0 Å². The third-order valence-electron chi connectivity index (χ3n) is 4.29. The van der Waals surface area contributed by atoms with Gasteiger partial charge in [-0.3, -0.25) is 19.3 Å². The molecule has 2 fully saturated rings. The monoisotopic (exact) mass is 386 g/mol. The van der Waals surface area contributed by atoms with Crippen molar-refractivity contribution < 1.29 is 14.4 Å². The number of thioether (sulfide) groups is 1. The number of aryl methyl sites for hydroxylation is 1. The van der Waals surface area contributed by atoms with Crippen molar-refractivity contribution in [1.29, 1.82) is 0 Å². The first-order valence-corrected chi connectivity index (χ1v) is 9.40. The van der Waals surface area contributed by atoms with Crippen LogP contribution in [0.2, 0.25) is 10.0 Å². The van der Waals surface area contributed by atoms with Crippen LogP contribution >= 0.6 is 35.0 Å². The zero-order valence-electron chi connectivity index (χ0n) is 12.8. The van der Waals surface area contributed by atoms with Crippen molar-refractivity contribution in [1.82, 2.24) is 9.80 Å². The molecule has 0 aromatic heterocycles. The highest BCUT2D eigenvalue weighted by atomic mass is 35.5. The molecule has 2 aliphatic heterocycles. The molecule has 0 radical (unpaired) electrons. The zero-order valence-corrected chi connectivity index (χ0v) is 15.2. The van der Waals surface area contributed by atoms with E-state index in [4.69, 9.17) is 23.2 Å². The van der Waals surface area contributed by atoms with E-state index in [1.807, 2.05) is 6.07 Å². The van der Waals surface area contributed by atoms with E-state index < -0.39 is 0 Å². The van der Waals surface area contributed by atoms with Gasteiger partial charge in [-0.25, -0.2) is 0 Å². The first-order chi connectivity index (χ1) is 11.5. The fourth-order valence-electron chi connectivity index (χ4n) is 3.02. The molecule has 8 heteroatoms. The SMILES string of the molecule is O=C(CCc1ccc(Cl)cc1Cl)N1CCC(N2C(=O)CSC2=O)C1. The maximum absolute atomic E-state index is 12.4. The van der Waals surface area contributed by atoms with Crippen LogP contribution in [0.1, 0.15) is 18.4 Å². The van der Waals surface area contributed by atoms with Crippen LogP contribution in [0, 0.1) is 0 Å². The lowest BCUT2D eigenvalue weighted by Gasteiger charge is -2.22. The quantitative estimate of drug-likeness (QED) is 0.796. The maximum atomic E-state index is 12.4. The van der Waals surface area contributed by atoms with Crippen molar-refractivity contribution >= 4 is 52.0 Å². The standard InChI is InChI=1S/C16H16Cl2N2O3S/c17-11-3-1-10(13(18)7-11)2-4-14(21)19-6-5-12(8-19)20-15(22)9-24-16(20)23/h1,3,7,12H,2,4-6,8-9H2. The number of imide groups is 1. The Bertz CT molecular complexity index is 682. The van der Waals surface area contributed by atoms with E-state index in [9.17, 15) is 14.4 Å². The number of likely N-dealkylation sites (tertiary alicyclic amines) is 1. The number of carbonyl (C=O) groups excluding carboxylic acids is 3. The molecule has 1 unspecified atom stereocenters. The second-order valence-corrected chi connectivity index (χ2v) is 7.61. The number of rotatable bonds is 4. The summed E-state index contributed by atoms with van der Waals surface area (Å²) < 4.78 is 0. The molecular formula is C16H16Cl2N2O3S. The smallest absolute Gasteiger partial charge is 0.289 e. The minimum atomic E-state index is -0.202. The number of amides is 3. The molecule has 128 valence electrons. The van der Waals surface area contributed by atoms with Gasteiger partial charge in [0, 0.05) is 29.6 Å². The molecule has 24 heavy (non-hydrogen) atoms. The third-order valence-corrected chi connectivity index (χ3v) is 5.71. The van der Waals surface area contributed by atoms with Gasteiger partial charge >= 0.3 is 0 Å². The maximum Gasteiger partial charge on any atom is 0.289 e. The molecule has 0 bridgehead atoms. The van der Waals surface area contributed by atoms with E-state index in [1.54, 1.807) is 17.0 Å². The van der Waals surface area contributed by atoms with E-state index in [0.29, 0.717) is 42.4 Å². The molecule has 2 saturated heterocycles. The van der Waals surface area contributed by atoms with Crippen molar-refractivity contribution in [2.75, 3.05) is 18.8 Å². The van der Waals surface area contributed by atoms with Gasteiger partial charge in [0.2, 0.25) is 11.8 Å². The molecule has 0 N–H and O–H groups in total. The highest BCUT2D eigenvalue weighted by molar-refractivity contribution is 8.14. The van der Waals surface area contributed by atoms with Crippen molar-refractivity contribution in [3.8, 4) is 0 Å². The predicted molar refractivity (Wildman–Crippen MR) is 94.5 cm³/mol. The summed E-state index contributed by atoms with van der Waals surface area (Å²) in [6.07, 6.45) is 1.52. The normalized spacial score (nSPS) is 21.0. The van der Waals surface area contributed by atoms with Gasteiger partial charge in [0.1, 0.15) is 0 Å². The van der Waals surface area contributed by atoms with Crippen LogP contribution < -0.4 is 0 Å². The fourth-order valence-corrected chi connectivity index (χ4v) is 4.30. The summed E-state index contributed by atoms with van der Waals surface area (Å²) in [6, 6.07) is 5.05. The lowest BCUT2D eigenvalue weighted by Crippen LogP contribution is -2.41. The molecule has 2 aliphatic rings. The van der Waals surface area contributed by atoms with Gasteiger partial charge in [-0.2, -0.15) is 0 Å². The number of nitrogens with zero attached hydrogens (tertiary/aromatic N) is 2. The van der Waals surface area contributed by atoms with Crippen molar-refractivity contribution in [3.05, 3.63) is 33.8 Å². The number of halogens is 2. The van der Waals surface area contributed by atoms with E-state index >= 15 is 0 Å². The number of hydrogen-bond acceptors (Lipinski definition) is 4. The average molecular weight is 387 g/mol. The van der Waals surface area contributed by atoms with E-state index in [1.165, 1.54) is 4.90 Å². The topological polar surface area (TPSA) is 57.7 Å². The van der Waals surface area contributed by atoms with Crippen LogP contribution in [0.4, 0.5) is 4.79 Å². The van der Waals surface area contributed by atoms with Crippen molar-refractivity contribution in [3.63, 3.8) is 0 Å². The fraction of sp³-hybridized carbons (Fsp3) is 0.438. The lowest BCUT2D eigenvalue weighted by atomic mass is 10.1. The highest BCUT2D eigenvalue weighted by Gasteiger charge is 2.40. The Balaban J connectivity index is 1.55. The Morgan fingerprint density at radius 1 is 1.29 bits per heavy atom. The number of carbonyl (C=O) groups is 3. The van der Waals surface area contributed by atoms with E-state index in [0.717, 1.165) is 17.3 Å². The zero-order chi connectivity index (χ0) is 17.3. The summed E-state index contributed by atoms with van der Waals surface area (Å²) in [5, 5.41) is 0.919. The van der Waals surface area contributed by atoms with Gasteiger partial charge in [0.25, 0.3) is 5.24 Å². The van der Waals surface area contributed by atoms with Gasteiger partial charge in [0.05, 0.1) is 11.8 Å². The van der Waals surface area contributed by atoms with Crippen LogP contribution in [-0.2, 0) is 16.0 Å². The lowest BCUT2D eigenvalue weighted by molar-refractivity contribution is -0.131. The Kier molecular flexibility index (Phi) is 5.37. The number of benzene rings is 1. The van der Waals surface area contributed by atoms with Crippen molar-refractivity contribution in [2.45, 2.75) is 25.3 Å². The first-order valence-electron chi connectivity index (χ1n) is 7.66. The van der Waals surface area contributed by atoms with Crippen LogP contribution in [0.3, 0.4) is 0 Å². The van der Waals surface area contributed by atoms with Crippen LogP contribution in [-0.4, -0.2) is 51.7 Å². The van der Waals surface area contributed by atoms with Gasteiger partial charge in [0.15, 0.2) is 0 Å². The Morgan fingerprint density at radius 3 is 2.75 bits per heavy atom. The van der Waals surface area contributed by atoms with Crippen molar-refractivity contribution in [2.24, 2.45) is 0 Å². The molecule has 0 spiro atoms. The summed E-state index contributed by atoms with van der Waals surface area (Å²) in [7, 11) is 0. The molecule has 1 aromatic carbocycles. The largest absolute Gasteiger partial charge is 0.341 e. The molecule has 1 atom stereocenters. The van der Waals surface area contributed by atoms with Crippen LogP contribution in [0.25, 0.3) is 0 Å². The second-order valence-electron chi connectivity index (χ2n) is 5.84. The van der Waals surface area contributed by atoms with Crippen LogP contribution in [0.15, 0.2) is 18.2 Å². The summed E-state index contributed by atoms with van der Waals surface area (Å²) in [5.41, 5.74) is 0.881. The Labute approximate surface area is 154 Å². The van der Waals surface area contributed by atoms with Gasteiger partial charge in [-0.05, 0) is 30.5 Å². The summed E-state index contributed by atoms with van der Waals surface area (Å²) in [6.45, 7) is 0.991. The Hall–Kier alpha value is -1.24. The molecule has 2 heterocycles. The van der Waals surface area contributed by atoms with Gasteiger partial charge in [-0.1, -0.05) is 41.0 Å². The predicted octanol–water partition coefficient (Wildman–Crippen LogP) is 3.22. The molecule has 1 aromatic rings. The average Bonchev–Trinajstić information content (AvgIpc) is 3.13. The van der Waals surface area contributed by atoms with Gasteiger partial charge < -0.3 is 4.90 Å². The molecular weight excluding hydrogens is 371 g/mol. The molecule has 0 aliphatic carbocycles. The third kappa shape index (κ3) is 3.71.